The van der Waals surface area contributed by atoms with Gasteiger partial charge in [0.2, 0.25) is 0 Å². The summed E-state index contributed by atoms with van der Waals surface area (Å²) < 4.78 is 0. The second-order valence-electron chi connectivity index (χ2n) is 4.49. The van der Waals surface area contributed by atoms with Crippen LogP contribution in [0.5, 0.6) is 5.75 Å². The monoisotopic (exact) mass is 240 g/mol. The number of Topliss-reactive ketones (excluding diaryl/α,β-unsaturated/α-hetero) is 1. The second-order valence-corrected chi connectivity index (χ2v) is 4.49. The largest absolute Gasteiger partial charge is 0.508 e. The summed E-state index contributed by atoms with van der Waals surface area (Å²) in [5, 5.41) is 9.35. The quantitative estimate of drug-likeness (QED) is 0.891. The highest BCUT2D eigenvalue weighted by Gasteiger charge is 2.07. The maximum absolute atomic E-state index is 12.0. The van der Waals surface area contributed by atoms with Gasteiger partial charge in [0.1, 0.15) is 11.5 Å². The Morgan fingerprint density at radius 3 is 2.56 bits per heavy atom. The highest BCUT2D eigenvalue weighted by molar-refractivity contribution is 5.83. The van der Waals surface area contributed by atoms with Crippen molar-refractivity contribution in [2.24, 2.45) is 0 Å². The van der Waals surface area contributed by atoms with Crippen molar-refractivity contribution < 1.29 is 9.90 Å². The third kappa shape index (κ3) is 3.20. The number of rotatable bonds is 4. The summed E-state index contributed by atoms with van der Waals surface area (Å²) in [6.45, 7) is 2.01. The Morgan fingerprint density at radius 2 is 1.83 bits per heavy atom. The molecule has 0 saturated carbocycles. The molecule has 2 aromatic rings. The van der Waals surface area contributed by atoms with Crippen molar-refractivity contribution in [2.45, 2.75) is 19.8 Å². The Labute approximate surface area is 107 Å². The van der Waals surface area contributed by atoms with Crippen molar-refractivity contribution in [3.8, 4) is 5.75 Å². The molecular weight excluding hydrogens is 224 g/mol. The van der Waals surface area contributed by atoms with Crippen molar-refractivity contribution in [2.75, 3.05) is 0 Å². The van der Waals surface area contributed by atoms with Crippen molar-refractivity contribution in [3.63, 3.8) is 0 Å². The Bertz CT molecular complexity index is 559. The summed E-state index contributed by atoms with van der Waals surface area (Å²) in [5.41, 5.74) is 3.07. The zero-order valence-electron chi connectivity index (χ0n) is 10.4. The number of phenols is 1. The summed E-state index contributed by atoms with van der Waals surface area (Å²) >= 11 is 0. The van der Waals surface area contributed by atoms with Gasteiger partial charge in [0, 0.05) is 12.8 Å². The first-order chi connectivity index (χ1) is 8.65. The lowest BCUT2D eigenvalue weighted by Gasteiger charge is -2.05. The van der Waals surface area contributed by atoms with Crippen LogP contribution in [0.1, 0.15) is 16.7 Å². The van der Waals surface area contributed by atoms with Crippen LogP contribution < -0.4 is 0 Å². The van der Waals surface area contributed by atoms with E-state index in [9.17, 15) is 9.90 Å². The second kappa shape index (κ2) is 5.50. The van der Waals surface area contributed by atoms with Crippen molar-refractivity contribution in [1.29, 1.82) is 0 Å². The van der Waals surface area contributed by atoms with E-state index in [-0.39, 0.29) is 11.5 Å². The van der Waals surface area contributed by atoms with Crippen LogP contribution in [-0.2, 0) is 17.6 Å². The zero-order valence-corrected chi connectivity index (χ0v) is 10.4. The van der Waals surface area contributed by atoms with Crippen LogP contribution in [0.25, 0.3) is 0 Å². The van der Waals surface area contributed by atoms with E-state index in [1.54, 1.807) is 18.2 Å². The van der Waals surface area contributed by atoms with Gasteiger partial charge in [0.05, 0.1) is 0 Å². The van der Waals surface area contributed by atoms with E-state index >= 15 is 0 Å². The number of ketones is 1. The number of carbonyl (C=O) groups is 1. The zero-order chi connectivity index (χ0) is 13.0. The van der Waals surface area contributed by atoms with Crippen molar-refractivity contribution in [3.05, 3.63) is 65.2 Å². The highest BCUT2D eigenvalue weighted by Crippen LogP contribution is 2.13. The molecule has 0 aliphatic heterocycles. The smallest absolute Gasteiger partial charge is 0.141 e. The average molecular weight is 240 g/mol. The van der Waals surface area contributed by atoms with Gasteiger partial charge in [-0.1, -0.05) is 36.4 Å². The maximum atomic E-state index is 12.0. The normalized spacial score (nSPS) is 10.3. The van der Waals surface area contributed by atoms with Gasteiger partial charge < -0.3 is 5.11 Å². The van der Waals surface area contributed by atoms with Gasteiger partial charge in [0.15, 0.2) is 0 Å². The maximum Gasteiger partial charge on any atom is 0.141 e. The summed E-state index contributed by atoms with van der Waals surface area (Å²) in [6, 6.07) is 14.8. The summed E-state index contributed by atoms with van der Waals surface area (Å²) in [4.78, 5) is 12.0. The third-order valence-corrected chi connectivity index (χ3v) is 2.96. The molecule has 2 heteroatoms. The van der Waals surface area contributed by atoms with Crippen LogP contribution in [0, 0.1) is 6.92 Å². The molecule has 0 amide bonds. The van der Waals surface area contributed by atoms with E-state index < -0.39 is 0 Å². The van der Waals surface area contributed by atoms with Gasteiger partial charge in [-0.15, -0.1) is 0 Å². The van der Waals surface area contributed by atoms with Crippen molar-refractivity contribution >= 4 is 5.78 Å². The number of hydrogen-bond acceptors (Lipinski definition) is 2. The van der Waals surface area contributed by atoms with E-state index in [1.807, 2.05) is 37.3 Å². The van der Waals surface area contributed by atoms with Crippen LogP contribution in [0.3, 0.4) is 0 Å². The molecule has 0 aliphatic rings. The van der Waals surface area contributed by atoms with E-state index in [0.717, 1.165) is 16.7 Å². The van der Waals surface area contributed by atoms with Crippen LogP contribution >= 0.6 is 0 Å². The fourth-order valence-electron chi connectivity index (χ4n) is 1.98. The Kier molecular flexibility index (Phi) is 3.78. The minimum absolute atomic E-state index is 0.162. The molecule has 0 aromatic heterocycles. The summed E-state index contributed by atoms with van der Waals surface area (Å²) in [5.74, 6) is 0.367. The molecular formula is C16H16O2. The van der Waals surface area contributed by atoms with Gasteiger partial charge in [0.25, 0.3) is 0 Å². The van der Waals surface area contributed by atoms with Gasteiger partial charge in [-0.05, 0) is 35.7 Å². The fraction of sp³-hybridized carbons (Fsp3) is 0.188. The molecule has 0 fully saturated rings. The molecule has 2 rings (SSSR count). The first kappa shape index (κ1) is 12.4. The molecule has 0 unspecified atom stereocenters. The van der Waals surface area contributed by atoms with Crippen molar-refractivity contribution in [1.82, 2.24) is 0 Å². The van der Waals surface area contributed by atoms with E-state index in [4.69, 9.17) is 0 Å². The molecule has 0 heterocycles. The number of benzene rings is 2. The predicted octanol–water partition coefficient (Wildman–Crippen LogP) is 3.05. The first-order valence-corrected chi connectivity index (χ1v) is 5.99. The summed E-state index contributed by atoms with van der Waals surface area (Å²) in [7, 11) is 0. The fourth-order valence-corrected chi connectivity index (χ4v) is 1.98. The Hall–Kier alpha value is -2.09. The molecule has 0 radical (unpaired) electrons. The van der Waals surface area contributed by atoms with Gasteiger partial charge in [-0.3, -0.25) is 4.79 Å². The van der Waals surface area contributed by atoms with Crippen LogP contribution in [-0.4, -0.2) is 10.9 Å². The molecule has 0 bridgehead atoms. The van der Waals surface area contributed by atoms with Crippen LogP contribution in [0.4, 0.5) is 0 Å². The number of hydrogen-bond donors (Lipinski definition) is 1. The number of phenolic OH excluding ortho intramolecular Hbond substituents is 1. The van der Waals surface area contributed by atoms with Gasteiger partial charge >= 0.3 is 0 Å². The van der Waals surface area contributed by atoms with E-state index in [0.29, 0.717) is 12.8 Å². The summed E-state index contributed by atoms with van der Waals surface area (Å²) in [6.07, 6.45) is 0.811. The number of carbonyl (C=O) groups excluding carboxylic acids is 1. The standard InChI is InChI=1S/C16H16O2/c1-12-5-2-3-7-14(12)11-16(18)10-13-6-4-8-15(17)9-13/h2-9,17H,10-11H2,1H3. The minimum atomic E-state index is 0.162. The lowest BCUT2D eigenvalue weighted by Crippen LogP contribution is -2.07. The molecule has 18 heavy (non-hydrogen) atoms. The molecule has 0 spiro atoms. The van der Waals surface area contributed by atoms with E-state index in [2.05, 4.69) is 0 Å². The first-order valence-electron chi connectivity index (χ1n) is 5.99. The molecule has 1 N–H and O–H groups in total. The molecule has 92 valence electrons. The number of aromatic hydroxyl groups is 1. The lowest BCUT2D eigenvalue weighted by atomic mass is 9.99. The van der Waals surface area contributed by atoms with Crippen LogP contribution in [0.2, 0.25) is 0 Å². The molecule has 2 nitrogen and oxygen atoms in total. The van der Waals surface area contributed by atoms with Gasteiger partial charge in [-0.25, -0.2) is 0 Å². The molecule has 0 saturated heterocycles. The van der Waals surface area contributed by atoms with Gasteiger partial charge in [-0.2, -0.15) is 0 Å². The predicted molar refractivity (Wildman–Crippen MR) is 71.7 cm³/mol. The van der Waals surface area contributed by atoms with Crippen LogP contribution in [0.15, 0.2) is 48.5 Å². The highest BCUT2D eigenvalue weighted by atomic mass is 16.3. The van der Waals surface area contributed by atoms with E-state index in [1.165, 1.54) is 0 Å². The Morgan fingerprint density at radius 1 is 1.06 bits per heavy atom. The topological polar surface area (TPSA) is 37.3 Å². The minimum Gasteiger partial charge on any atom is -0.508 e. The molecule has 0 atom stereocenters. The molecule has 2 aromatic carbocycles. The molecule has 0 aliphatic carbocycles. The number of aryl methyl sites for hydroxylation is 1. The SMILES string of the molecule is Cc1ccccc1CC(=O)Cc1cccc(O)c1. The lowest BCUT2D eigenvalue weighted by molar-refractivity contribution is -0.117. The Balaban J connectivity index is 2.03. The average Bonchev–Trinajstić information content (AvgIpc) is 2.32. The third-order valence-electron chi connectivity index (χ3n) is 2.96.